The highest BCUT2D eigenvalue weighted by atomic mass is 32.2. The quantitative estimate of drug-likeness (QED) is 0.849. The molecule has 148 valence electrons. The van der Waals surface area contributed by atoms with Crippen molar-refractivity contribution in [1.29, 1.82) is 0 Å². The summed E-state index contributed by atoms with van der Waals surface area (Å²) in [5.74, 6) is 0.750. The molecule has 4 rings (SSSR count). The van der Waals surface area contributed by atoms with Crippen molar-refractivity contribution in [3.8, 4) is 11.5 Å². The molecule has 2 aromatic carbocycles. The van der Waals surface area contributed by atoms with E-state index in [9.17, 15) is 13.2 Å². The highest BCUT2D eigenvalue weighted by Crippen LogP contribution is 2.37. The summed E-state index contributed by atoms with van der Waals surface area (Å²) in [5, 5.41) is 2.77. The van der Waals surface area contributed by atoms with Gasteiger partial charge in [0.15, 0.2) is 11.5 Å². The molecule has 0 saturated heterocycles. The number of carbonyl (C=O) groups is 1. The Morgan fingerprint density at radius 1 is 1.07 bits per heavy atom. The van der Waals surface area contributed by atoms with Crippen molar-refractivity contribution in [2.24, 2.45) is 0 Å². The summed E-state index contributed by atoms with van der Waals surface area (Å²) in [6, 6.07) is 8.57. The first-order valence-electron chi connectivity index (χ1n) is 9.04. The van der Waals surface area contributed by atoms with Crippen LogP contribution in [0.1, 0.15) is 29.5 Å². The number of nitrogens with zero attached hydrogens (tertiary/aromatic N) is 1. The van der Waals surface area contributed by atoms with E-state index in [0.717, 1.165) is 16.7 Å². The first-order chi connectivity index (χ1) is 13.3. The van der Waals surface area contributed by atoms with Crippen molar-refractivity contribution in [2.45, 2.75) is 30.7 Å². The van der Waals surface area contributed by atoms with Crippen LogP contribution in [0.15, 0.2) is 35.2 Å². The number of carbonyl (C=O) groups excluding carboxylic acids is 1. The van der Waals surface area contributed by atoms with E-state index in [0.29, 0.717) is 30.2 Å². The molecule has 0 radical (unpaired) electrons. The Morgan fingerprint density at radius 2 is 1.75 bits per heavy atom. The van der Waals surface area contributed by atoms with Crippen molar-refractivity contribution < 1.29 is 22.7 Å². The zero-order chi connectivity index (χ0) is 20.1. The van der Waals surface area contributed by atoms with Crippen molar-refractivity contribution in [1.82, 2.24) is 4.31 Å². The van der Waals surface area contributed by atoms with E-state index in [-0.39, 0.29) is 23.3 Å². The fourth-order valence-corrected chi connectivity index (χ4v) is 5.22. The van der Waals surface area contributed by atoms with Gasteiger partial charge in [-0.2, -0.15) is 4.31 Å². The first kappa shape index (κ1) is 18.8. The lowest BCUT2D eigenvalue weighted by Crippen LogP contribution is -2.36. The standard InChI is InChI=1S/C20H22N2O5S/c1-12-16-10-15(4-5-17(16)21-20(12)23)28(24,25)22-7-6-13-8-18(26-2)19(27-3)9-14(13)11-22/h4-5,8-10,12H,6-7,11H2,1-3H3,(H,21,23)/t12-/m1/s1. The fourth-order valence-electron chi connectivity index (χ4n) is 3.77. The molecular weight excluding hydrogens is 380 g/mol. The molecule has 0 spiro atoms. The maximum absolute atomic E-state index is 13.2. The Bertz CT molecular complexity index is 1060. The number of rotatable bonds is 4. The van der Waals surface area contributed by atoms with Crippen molar-refractivity contribution in [3.63, 3.8) is 0 Å². The minimum absolute atomic E-state index is 0.113. The van der Waals surface area contributed by atoms with Crippen LogP contribution in [0.25, 0.3) is 0 Å². The molecule has 0 fully saturated rings. The molecule has 0 aliphatic carbocycles. The van der Waals surface area contributed by atoms with Crippen LogP contribution in [0.2, 0.25) is 0 Å². The Labute approximate surface area is 164 Å². The Kier molecular flexibility index (Phi) is 4.55. The van der Waals surface area contributed by atoms with Crippen LogP contribution in [0.3, 0.4) is 0 Å². The zero-order valence-corrected chi connectivity index (χ0v) is 16.8. The van der Waals surface area contributed by atoms with E-state index in [2.05, 4.69) is 5.32 Å². The molecule has 1 amide bonds. The van der Waals surface area contributed by atoms with Gasteiger partial charge in [-0.15, -0.1) is 0 Å². The molecule has 2 aliphatic heterocycles. The molecule has 28 heavy (non-hydrogen) atoms. The molecule has 1 N–H and O–H groups in total. The van der Waals surface area contributed by atoms with Crippen LogP contribution in [0.4, 0.5) is 5.69 Å². The molecule has 7 nitrogen and oxygen atoms in total. The number of anilines is 1. The number of sulfonamides is 1. The predicted molar refractivity (Wildman–Crippen MR) is 104 cm³/mol. The molecule has 2 heterocycles. The van der Waals surface area contributed by atoms with E-state index in [1.54, 1.807) is 39.3 Å². The van der Waals surface area contributed by atoms with Gasteiger partial charge in [-0.1, -0.05) is 0 Å². The van der Waals surface area contributed by atoms with Crippen molar-refractivity contribution in [2.75, 3.05) is 26.1 Å². The molecule has 1 atom stereocenters. The number of amides is 1. The van der Waals surface area contributed by atoms with Crippen LogP contribution in [0.5, 0.6) is 11.5 Å². The van der Waals surface area contributed by atoms with Gasteiger partial charge in [-0.3, -0.25) is 4.79 Å². The maximum Gasteiger partial charge on any atom is 0.243 e. The topological polar surface area (TPSA) is 84.9 Å². The summed E-state index contributed by atoms with van der Waals surface area (Å²) < 4.78 is 38.6. The number of hydrogen-bond acceptors (Lipinski definition) is 5. The molecule has 0 unspecified atom stereocenters. The minimum Gasteiger partial charge on any atom is -0.493 e. The minimum atomic E-state index is -3.68. The van der Waals surface area contributed by atoms with Gasteiger partial charge < -0.3 is 14.8 Å². The molecule has 2 aliphatic rings. The van der Waals surface area contributed by atoms with Gasteiger partial charge in [0, 0.05) is 18.8 Å². The third kappa shape index (κ3) is 2.93. The second-order valence-corrected chi connectivity index (χ2v) is 8.96. The lowest BCUT2D eigenvalue weighted by molar-refractivity contribution is -0.116. The number of ether oxygens (including phenoxy) is 2. The van der Waals surface area contributed by atoms with Crippen LogP contribution in [0, 0.1) is 0 Å². The van der Waals surface area contributed by atoms with E-state index in [4.69, 9.17) is 9.47 Å². The SMILES string of the molecule is COc1cc2c(cc1OC)CN(S(=O)(=O)c1ccc3c(c1)[C@@H](C)C(=O)N3)CC2. The zero-order valence-electron chi connectivity index (χ0n) is 16.0. The number of methoxy groups -OCH3 is 2. The highest BCUT2D eigenvalue weighted by molar-refractivity contribution is 7.89. The third-order valence-electron chi connectivity index (χ3n) is 5.46. The summed E-state index contributed by atoms with van der Waals surface area (Å²) >= 11 is 0. The normalized spacial score (nSPS) is 19.0. The summed E-state index contributed by atoms with van der Waals surface area (Å²) in [7, 11) is -0.541. The van der Waals surface area contributed by atoms with Gasteiger partial charge in [0.1, 0.15) is 0 Å². The second kappa shape index (κ2) is 6.79. The summed E-state index contributed by atoms with van der Waals surface area (Å²) in [6.07, 6.45) is 0.594. The van der Waals surface area contributed by atoms with Gasteiger partial charge in [-0.05, 0) is 60.4 Å². The lowest BCUT2D eigenvalue weighted by atomic mass is 10.0. The third-order valence-corrected chi connectivity index (χ3v) is 7.30. The molecular formula is C20H22N2O5S. The second-order valence-electron chi connectivity index (χ2n) is 7.02. The van der Waals surface area contributed by atoms with Gasteiger partial charge in [0.2, 0.25) is 15.9 Å². The number of hydrogen-bond donors (Lipinski definition) is 1. The number of fused-ring (bicyclic) bond motifs is 2. The predicted octanol–water partition coefficient (Wildman–Crippen LogP) is 2.51. The largest absolute Gasteiger partial charge is 0.493 e. The van der Waals surface area contributed by atoms with Crippen LogP contribution in [-0.2, 0) is 27.8 Å². The molecule has 2 aromatic rings. The summed E-state index contributed by atoms with van der Waals surface area (Å²) in [4.78, 5) is 12.1. The number of nitrogens with one attached hydrogen (secondary N) is 1. The maximum atomic E-state index is 13.2. The van der Waals surface area contributed by atoms with Gasteiger partial charge in [-0.25, -0.2) is 8.42 Å². The molecule has 0 bridgehead atoms. The molecule has 0 aromatic heterocycles. The highest BCUT2D eigenvalue weighted by Gasteiger charge is 2.32. The first-order valence-corrected chi connectivity index (χ1v) is 10.5. The average Bonchev–Trinajstić information content (AvgIpc) is 2.99. The number of benzene rings is 2. The average molecular weight is 402 g/mol. The smallest absolute Gasteiger partial charge is 0.243 e. The van der Waals surface area contributed by atoms with Crippen LogP contribution in [-0.4, -0.2) is 39.4 Å². The Balaban J connectivity index is 1.66. The van der Waals surface area contributed by atoms with Gasteiger partial charge in [0.25, 0.3) is 0 Å². The van der Waals surface area contributed by atoms with Crippen LogP contribution >= 0.6 is 0 Å². The Morgan fingerprint density at radius 3 is 2.43 bits per heavy atom. The van der Waals surface area contributed by atoms with Crippen LogP contribution < -0.4 is 14.8 Å². The Hall–Kier alpha value is -2.58. The van der Waals surface area contributed by atoms with E-state index < -0.39 is 10.0 Å². The molecule has 8 heteroatoms. The van der Waals surface area contributed by atoms with Gasteiger partial charge in [0.05, 0.1) is 25.0 Å². The lowest BCUT2D eigenvalue weighted by Gasteiger charge is -2.29. The summed E-state index contributed by atoms with van der Waals surface area (Å²) in [6.45, 7) is 2.42. The molecule has 0 saturated carbocycles. The van der Waals surface area contributed by atoms with E-state index >= 15 is 0 Å². The van der Waals surface area contributed by atoms with E-state index in [1.165, 1.54) is 4.31 Å². The van der Waals surface area contributed by atoms with E-state index in [1.807, 2.05) is 12.1 Å². The van der Waals surface area contributed by atoms with Crippen molar-refractivity contribution in [3.05, 3.63) is 47.0 Å². The van der Waals surface area contributed by atoms with Crippen molar-refractivity contribution >= 4 is 21.6 Å². The fraction of sp³-hybridized carbons (Fsp3) is 0.350. The monoisotopic (exact) mass is 402 g/mol. The van der Waals surface area contributed by atoms with Gasteiger partial charge >= 0.3 is 0 Å². The summed E-state index contributed by atoms with van der Waals surface area (Å²) in [5.41, 5.74) is 3.35.